The number of carbonyl (C=O) groups excluding carboxylic acids is 1. The number of alkyl halides is 3. The van der Waals surface area contributed by atoms with Crippen LogP contribution >= 0.6 is 0 Å². The molecule has 0 aromatic carbocycles. The number of aromatic amines is 1. The van der Waals surface area contributed by atoms with Crippen LogP contribution in [0.2, 0.25) is 0 Å². The first-order valence-corrected chi connectivity index (χ1v) is 5.39. The summed E-state index contributed by atoms with van der Waals surface area (Å²) < 4.78 is 36.5. The molecule has 1 aromatic heterocycles. The minimum atomic E-state index is -4.51. The predicted molar refractivity (Wildman–Crippen MR) is 59.8 cm³/mol. The molecule has 106 valence electrons. The quantitative estimate of drug-likeness (QED) is 0.799. The van der Waals surface area contributed by atoms with E-state index in [4.69, 9.17) is 0 Å². The van der Waals surface area contributed by atoms with E-state index in [-0.39, 0.29) is 5.56 Å². The number of aromatic nitrogens is 2. The third-order valence-electron chi connectivity index (χ3n) is 2.27. The predicted octanol–water partition coefficient (Wildman–Crippen LogP) is -0.222. The molecule has 1 rings (SSSR count). The Bertz CT molecular complexity index is 574. The number of halogens is 3. The van der Waals surface area contributed by atoms with Crippen LogP contribution in [0.1, 0.15) is 12.5 Å². The first kappa shape index (κ1) is 15.0. The number of nitrogens with one attached hydrogen (secondary N) is 2. The van der Waals surface area contributed by atoms with Crippen molar-refractivity contribution in [2.75, 3.05) is 6.54 Å². The largest absolute Gasteiger partial charge is 0.405 e. The van der Waals surface area contributed by atoms with Gasteiger partial charge in [0.25, 0.3) is 5.56 Å². The van der Waals surface area contributed by atoms with Crippen LogP contribution in [-0.4, -0.2) is 28.2 Å². The fourth-order valence-corrected chi connectivity index (χ4v) is 1.33. The van der Waals surface area contributed by atoms with E-state index in [1.165, 1.54) is 0 Å². The van der Waals surface area contributed by atoms with E-state index in [1.807, 2.05) is 4.98 Å². The van der Waals surface area contributed by atoms with Gasteiger partial charge in [0.05, 0.1) is 0 Å². The monoisotopic (exact) mass is 279 g/mol. The third-order valence-corrected chi connectivity index (χ3v) is 2.27. The van der Waals surface area contributed by atoms with Crippen molar-refractivity contribution in [3.63, 3.8) is 0 Å². The first-order valence-electron chi connectivity index (χ1n) is 5.39. The average Bonchev–Trinajstić information content (AvgIpc) is 2.29. The SMILES string of the molecule is CCc1cn(CC(=O)NCC(F)(F)F)c(=O)[nH]c1=O. The molecule has 0 fully saturated rings. The molecule has 0 bridgehead atoms. The van der Waals surface area contributed by atoms with Gasteiger partial charge in [-0.15, -0.1) is 0 Å². The summed E-state index contributed by atoms with van der Waals surface area (Å²) in [6.07, 6.45) is -3.02. The molecule has 0 saturated carbocycles. The van der Waals surface area contributed by atoms with Crippen molar-refractivity contribution in [3.05, 3.63) is 32.6 Å². The van der Waals surface area contributed by atoms with Gasteiger partial charge >= 0.3 is 11.9 Å². The Morgan fingerprint density at radius 1 is 1.42 bits per heavy atom. The van der Waals surface area contributed by atoms with Crippen molar-refractivity contribution in [3.8, 4) is 0 Å². The minimum Gasteiger partial charge on any atom is -0.345 e. The molecule has 1 aromatic rings. The lowest BCUT2D eigenvalue weighted by Gasteiger charge is -2.09. The molecular formula is C10H12F3N3O3. The molecule has 0 aliphatic carbocycles. The molecule has 1 heterocycles. The van der Waals surface area contributed by atoms with Crippen molar-refractivity contribution >= 4 is 5.91 Å². The van der Waals surface area contributed by atoms with Crippen LogP contribution in [0.5, 0.6) is 0 Å². The van der Waals surface area contributed by atoms with Gasteiger partial charge in [-0.1, -0.05) is 6.92 Å². The topological polar surface area (TPSA) is 84.0 Å². The summed E-state index contributed by atoms with van der Waals surface area (Å²) >= 11 is 0. The summed E-state index contributed by atoms with van der Waals surface area (Å²) in [5, 5.41) is 1.63. The highest BCUT2D eigenvalue weighted by molar-refractivity contribution is 5.75. The Kier molecular flexibility index (Phi) is 4.52. The highest BCUT2D eigenvalue weighted by Gasteiger charge is 2.27. The molecule has 9 heteroatoms. The van der Waals surface area contributed by atoms with Crippen LogP contribution in [0, 0.1) is 0 Å². The standard InChI is InChI=1S/C10H12F3N3O3/c1-2-6-3-16(9(19)15-8(6)18)4-7(17)14-5-10(11,12)13/h3H,2,4-5H2,1H3,(H,14,17)(H,15,18,19). The molecular weight excluding hydrogens is 267 g/mol. The molecule has 0 aliphatic rings. The van der Waals surface area contributed by atoms with Gasteiger partial charge in [0.15, 0.2) is 0 Å². The highest BCUT2D eigenvalue weighted by Crippen LogP contribution is 2.11. The Balaban J connectivity index is 2.80. The molecule has 19 heavy (non-hydrogen) atoms. The van der Waals surface area contributed by atoms with Gasteiger partial charge in [-0.05, 0) is 6.42 Å². The summed E-state index contributed by atoms with van der Waals surface area (Å²) in [6, 6.07) is 0. The summed E-state index contributed by atoms with van der Waals surface area (Å²) in [4.78, 5) is 35.8. The molecule has 2 N–H and O–H groups in total. The summed E-state index contributed by atoms with van der Waals surface area (Å²) in [7, 11) is 0. The lowest BCUT2D eigenvalue weighted by molar-refractivity contribution is -0.138. The van der Waals surface area contributed by atoms with Crippen LogP contribution in [0.25, 0.3) is 0 Å². The van der Waals surface area contributed by atoms with Crippen LogP contribution in [0.4, 0.5) is 13.2 Å². The zero-order valence-corrected chi connectivity index (χ0v) is 10.0. The van der Waals surface area contributed by atoms with E-state index in [0.717, 1.165) is 10.8 Å². The van der Waals surface area contributed by atoms with E-state index >= 15 is 0 Å². The lowest BCUT2D eigenvalue weighted by atomic mass is 10.2. The van der Waals surface area contributed by atoms with Crippen LogP contribution in [0.3, 0.4) is 0 Å². The maximum absolute atomic E-state index is 11.9. The number of H-pyrrole nitrogens is 1. The number of rotatable bonds is 4. The second-order valence-corrected chi connectivity index (χ2v) is 3.79. The number of nitrogens with zero attached hydrogens (tertiary/aromatic N) is 1. The Morgan fingerprint density at radius 2 is 2.05 bits per heavy atom. The maximum Gasteiger partial charge on any atom is 0.405 e. The molecule has 0 radical (unpaired) electrons. The Labute approximate surface area is 105 Å². The second-order valence-electron chi connectivity index (χ2n) is 3.79. The van der Waals surface area contributed by atoms with Crippen LogP contribution in [0.15, 0.2) is 15.8 Å². The second kappa shape index (κ2) is 5.72. The maximum atomic E-state index is 11.9. The van der Waals surface area contributed by atoms with Gasteiger partial charge < -0.3 is 5.32 Å². The normalized spacial score (nSPS) is 11.4. The van der Waals surface area contributed by atoms with Gasteiger partial charge in [0.1, 0.15) is 13.1 Å². The van der Waals surface area contributed by atoms with Gasteiger partial charge in [-0.3, -0.25) is 19.1 Å². The molecule has 0 spiro atoms. The molecule has 1 amide bonds. The zero-order valence-electron chi connectivity index (χ0n) is 10.0. The number of hydrogen-bond acceptors (Lipinski definition) is 3. The van der Waals surface area contributed by atoms with Crippen molar-refractivity contribution in [1.29, 1.82) is 0 Å². The summed E-state index contributed by atoms with van der Waals surface area (Å²) in [6.45, 7) is -0.383. The summed E-state index contributed by atoms with van der Waals surface area (Å²) in [5.74, 6) is -0.964. The fourth-order valence-electron chi connectivity index (χ4n) is 1.33. The minimum absolute atomic E-state index is 0.267. The number of aryl methyl sites for hydroxylation is 1. The summed E-state index contributed by atoms with van der Waals surface area (Å²) in [5.41, 5.74) is -1.15. The highest BCUT2D eigenvalue weighted by atomic mass is 19.4. The lowest BCUT2D eigenvalue weighted by Crippen LogP contribution is -2.39. The van der Waals surface area contributed by atoms with Crippen LogP contribution in [-0.2, 0) is 17.8 Å². The Hall–Kier alpha value is -2.06. The average molecular weight is 279 g/mol. The molecule has 0 aliphatic heterocycles. The molecule has 0 saturated heterocycles. The van der Waals surface area contributed by atoms with Crippen molar-refractivity contribution in [2.45, 2.75) is 26.1 Å². The van der Waals surface area contributed by atoms with Crippen molar-refractivity contribution in [2.24, 2.45) is 0 Å². The number of amides is 1. The fraction of sp³-hybridized carbons (Fsp3) is 0.500. The van der Waals surface area contributed by atoms with Gasteiger partial charge in [-0.2, -0.15) is 13.2 Å². The van der Waals surface area contributed by atoms with Crippen molar-refractivity contribution in [1.82, 2.24) is 14.9 Å². The van der Waals surface area contributed by atoms with E-state index in [1.54, 1.807) is 12.2 Å². The Morgan fingerprint density at radius 3 is 2.58 bits per heavy atom. The van der Waals surface area contributed by atoms with Gasteiger partial charge in [0.2, 0.25) is 5.91 Å². The van der Waals surface area contributed by atoms with Crippen molar-refractivity contribution < 1.29 is 18.0 Å². The zero-order chi connectivity index (χ0) is 14.6. The van der Waals surface area contributed by atoms with E-state index in [2.05, 4.69) is 0 Å². The smallest absolute Gasteiger partial charge is 0.345 e. The first-order chi connectivity index (χ1) is 8.73. The van der Waals surface area contributed by atoms with Gasteiger partial charge in [0, 0.05) is 11.8 Å². The molecule has 0 unspecified atom stereocenters. The van der Waals surface area contributed by atoms with E-state index < -0.39 is 36.4 Å². The molecule has 0 atom stereocenters. The van der Waals surface area contributed by atoms with Crippen LogP contribution < -0.4 is 16.6 Å². The van der Waals surface area contributed by atoms with Gasteiger partial charge in [-0.25, -0.2) is 4.79 Å². The number of carbonyl (C=O) groups is 1. The number of hydrogen-bond donors (Lipinski definition) is 2. The van der Waals surface area contributed by atoms with E-state index in [0.29, 0.717) is 6.42 Å². The van der Waals surface area contributed by atoms with E-state index in [9.17, 15) is 27.6 Å². The third kappa shape index (κ3) is 4.60. The molecule has 6 nitrogen and oxygen atoms in total.